The summed E-state index contributed by atoms with van der Waals surface area (Å²) >= 11 is 0.323. The van der Waals surface area contributed by atoms with Gasteiger partial charge in [-0.05, 0) is 12.8 Å². The van der Waals surface area contributed by atoms with Crippen LogP contribution >= 0.6 is 12.1 Å². The van der Waals surface area contributed by atoms with Gasteiger partial charge in [0.1, 0.15) is 5.78 Å². The Hall–Kier alpha value is -0.0500. The van der Waals surface area contributed by atoms with E-state index in [4.69, 9.17) is 0 Å². The minimum atomic E-state index is -0.0658. The maximum absolute atomic E-state index is 11.9. The first-order valence-electron chi connectivity index (χ1n) is 3.34. The summed E-state index contributed by atoms with van der Waals surface area (Å²) < 4.78 is 11.9. The molecule has 0 bridgehead atoms. The predicted molar refractivity (Wildman–Crippen MR) is 42.6 cm³/mol. The van der Waals surface area contributed by atoms with Gasteiger partial charge in [0.25, 0.3) is 0 Å². The van der Waals surface area contributed by atoms with Crippen molar-refractivity contribution in [3.8, 4) is 0 Å². The van der Waals surface area contributed by atoms with Crippen LogP contribution in [0.25, 0.3) is 0 Å². The van der Waals surface area contributed by atoms with Gasteiger partial charge in [-0.25, -0.2) is 0 Å². The van der Waals surface area contributed by atoms with Gasteiger partial charge in [-0.1, -0.05) is 13.8 Å². The maximum Gasteiger partial charge on any atom is 0.130 e. The third kappa shape index (κ3) is 3.88. The summed E-state index contributed by atoms with van der Waals surface area (Å²) in [6.45, 7) is 5.21. The fourth-order valence-electron chi connectivity index (χ4n) is 0.707. The maximum atomic E-state index is 11.9. The van der Waals surface area contributed by atoms with Gasteiger partial charge in [-0.3, -0.25) is 0 Å². The van der Waals surface area contributed by atoms with Gasteiger partial charge in [-0.2, -0.15) is 3.89 Å². The number of hydrogen-bond acceptors (Lipinski definition) is 2. The van der Waals surface area contributed by atoms with Crippen LogP contribution in [-0.4, -0.2) is 11.0 Å². The van der Waals surface area contributed by atoms with Crippen molar-refractivity contribution in [3.63, 3.8) is 0 Å². The Morgan fingerprint density at radius 1 is 1.60 bits per heavy atom. The molecule has 2 atom stereocenters. The van der Waals surface area contributed by atoms with Crippen molar-refractivity contribution in [1.82, 2.24) is 0 Å². The zero-order chi connectivity index (χ0) is 8.15. The van der Waals surface area contributed by atoms with Gasteiger partial charge in [0, 0.05) is 23.8 Å². The van der Waals surface area contributed by atoms with Gasteiger partial charge in [0.05, 0.1) is 0 Å². The van der Waals surface area contributed by atoms with Crippen molar-refractivity contribution >= 4 is 17.9 Å². The number of halogens is 1. The molecule has 0 saturated carbocycles. The standard InChI is InChI=1S/C7H13FOS/c1-5(4-6(2)9)7(3)10-8/h5,7H,4H2,1-3H3. The van der Waals surface area contributed by atoms with Crippen LogP contribution in [0.3, 0.4) is 0 Å². The Bertz CT molecular complexity index is 116. The highest BCUT2D eigenvalue weighted by Crippen LogP contribution is 2.22. The Morgan fingerprint density at radius 2 is 2.10 bits per heavy atom. The molecule has 60 valence electrons. The normalized spacial score (nSPS) is 16.4. The van der Waals surface area contributed by atoms with E-state index in [-0.39, 0.29) is 17.0 Å². The van der Waals surface area contributed by atoms with E-state index in [1.807, 2.05) is 6.92 Å². The molecular weight excluding hydrogens is 151 g/mol. The lowest BCUT2D eigenvalue weighted by molar-refractivity contribution is -0.117. The lowest BCUT2D eigenvalue weighted by Crippen LogP contribution is -2.12. The molecule has 0 amide bonds. The van der Waals surface area contributed by atoms with Gasteiger partial charge < -0.3 is 4.79 Å². The van der Waals surface area contributed by atoms with Crippen LogP contribution in [0.4, 0.5) is 3.89 Å². The van der Waals surface area contributed by atoms with Gasteiger partial charge in [0.15, 0.2) is 0 Å². The highest BCUT2D eigenvalue weighted by molar-refractivity contribution is 7.94. The highest BCUT2D eigenvalue weighted by Gasteiger charge is 2.14. The number of rotatable bonds is 4. The number of Topliss-reactive ketones (excluding diaryl/α,β-unsaturated/α-hetero) is 1. The molecular formula is C7H13FOS. The molecule has 0 aromatic carbocycles. The molecule has 0 aromatic heterocycles. The van der Waals surface area contributed by atoms with Crippen LogP contribution in [0.2, 0.25) is 0 Å². The Kier molecular flexibility index (Phi) is 4.69. The molecule has 0 spiro atoms. The zero-order valence-corrected chi connectivity index (χ0v) is 7.37. The van der Waals surface area contributed by atoms with E-state index < -0.39 is 0 Å². The van der Waals surface area contributed by atoms with Crippen molar-refractivity contribution in [3.05, 3.63) is 0 Å². The lowest BCUT2D eigenvalue weighted by Gasteiger charge is -2.12. The molecule has 0 aromatic rings. The lowest BCUT2D eigenvalue weighted by atomic mass is 10.0. The SMILES string of the molecule is CC(=O)CC(C)C(C)SF. The quantitative estimate of drug-likeness (QED) is 0.635. The largest absolute Gasteiger partial charge is 0.300 e. The van der Waals surface area contributed by atoms with Crippen molar-refractivity contribution in [2.45, 2.75) is 32.4 Å². The molecule has 0 heterocycles. The van der Waals surface area contributed by atoms with Crippen LogP contribution in [0.5, 0.6) is 0 Å². The van der Waals surface area contributed by atoms with E-state index in [9.17, 15) is 8.68 Å². The van der Waals surface area contributed by atoms with E-state index in [1.54, 1.807) is 6.92 Å². The van der Waals surface area contributed by atoms with Crippen LogP contribution in [-0.2, 0) is 4.79 Å². The molecule has 3 heteroatoms. The van der Waals surface area contributed by atoms with E-state index >= 15 is 0 Å². The van der Waals surface area contributed by atoms with Crippen molar-refractivity contribution < 1.29 is 8.68 Å². The Morgan fingerprint density at radius 3 is 2.40 bits per heavy atom. The molecule has 0 aliphatic heterocycles. The highest BCUT2D eigenvalue weighted by atomic mass is 32.2. The summed E-state index contributed by atoms with van der Waals surface area (Å²) in [7, 11) is 0. The Labute approximate surface area is 65.7 Å². The molecule has 0 radical (unpaired) electrons. The zero-order valence-electron chi connectivity index (χ0n) is 6.56. The molecule has 2 unspecified atom stereocenters. The fourth-order valence-corrected chi connectivity index (χ4v) is 0.979. The fraction of sp³-hybridized carbons (Fsp3) is 0.857. The van der Waals surface area contributed by atoms with Gasteiger partial charge in [-0.15, -0.1) is 0 Å². The number of carbonyl (C=O) groups is 1. The van der Waals surface area contributed by atoms with Crippen LogP contribution in [0.1, 0.15) is 27.2 Å². The smallest absolute Gasteiger partial charge is 0.130 e. The molecule has 0 aliphatic carbocycles. The third-order valence-electron chi connectivity index (χ3n) is 1.55. The molecule has 0 saturated heterocycles. The second kappa shape index (κ2) is 4.72. The average molecular weight is 164 g/mol. The second-order valence-electron chi connectivity index (χ2n) is 2.68. The van der Waals surface area contributed by atoms with Gasteiger partial charge >= 0.3 is 0 Å². The van der Waals surface area contributed by atoms with Crippen molar-refractivity contribution in [2.24, 2.45) is 5.92 Å². The topological polar surface area (TPSA) is 17.1 Å². The molecule has 10 heavy (non-hydrogen) atoms. The summed E-state index contributed by atoms with van der Waals surface area (Å²) in [5.41, 5.74) is 0. The first kappa shape index (κ1) is 9.95. The van der Waals surface area contributed by atoms with Crippen molar-refractivity contribution in [1.29, 1.82) is 0 Å². The van der Waals surface area contributed by atoms with Crippen LogP contribution in [0.15, 0.2) is 0 Å². The number of hydrogen-bond donors (Lipinski definition) is 0. The summed E-state index contributed by atoms with van der Waals surface area (Å²) in [6.07, 6.45) is 0.484. The van der Waals surface area contributed by atoms with E-state index in [0.29, 0.717) is 18.6 Å². The monoisotopic (exact) mass is 164 g/mol. The van der Waals surface area contributed by atoms with E-state index in [2.05, 4.69) is 0 Å². The number of ketones is 1. The predicted octanol–water partition coefficient (Wildman–Crippen LogP) is 2.61. The first-order chi connectivity index (χ1) is 4.57. The summed E-state index contributed by atoms with van der Waals surface area (Å²) in [5, 5.41) is -0.0658. The first-order valence-corrected chi connectivity index (χ1v) is 4.12. The van der Waals surface area contributed by atoms with Crippen molar-refractivity contribution in [2.75, 3.05) is 0 Å². The molecule has 0 aliphatic rings. The summed E-state index contributed by atoms with van der Waals surface area (Å²) in [6, 6.07) is 0. The number of carbonyl (C=O) groups excluding carboxylic acids is 1. The second-order valence-corrected chi connectivity index (χ2v) is 3.60. The minimum absolute atomic E-state index is 0.0658. The minimum Gasteiger partial charge on any atom is -0.300 e. The summed E-state index contributed by atoms with van der Waals surface area (Å²) in [4.78, 5) is 10.5. The van der Waals surface area contributed by atoms with Crippen LogP contribution in [0, 0.1) is 5.92 Å². The Balaban J connectivity index is 3.61. The third-order valence-corrected chi connectivity index (χ3v) is 2.30. The molecule has 0 rings (SSSR count). The molecule has 1 nitrogen and oxygen atoms in total. The summed E-state index contributed by atoms with van der Waals surface area (Å²) in [5.74, 6) is 0.279. The van der Waals surface area contributed by atoms with E-state index in [0.717, 1.165) is 0 Å². The van der Waals surface area contributed by atoms with Gasteiger partial charge in [0.2, 0.25) is 0 Å². The molecule has 0 N–H and O–H groups in total. The molecule has 0 fully saturated rings. The van der Waals surface area contributed by atoms with Crippen LogP contribution < -0.4 is 0 Å². The van der Waals surface area contributed by atoms with E-state index in [1.165, 1.54) is 6.92 Å². The average Bonchev–Trinajstić information content (AvgIpc) is 1.85.